The number of fused-ring (bicyclic) bond motifs is 1. The summed E-state index contributed by atoms with van der Waals surface area (Å²) in [5.41, 5.74) is 3.97. The maximum atomic E-state index is 12.1. The number of benzene rings is 2. The Balaban J connectivity index is 1.87. The summed E-state index contributed by atoms with van der Waals surface area (Å²) in [7, 11) is 0. The number of aromatic nitrogens is 2. The molecule has 3 aromatic rings. The fraction of sp³-hybridized carbons (Fsp3) is 0.348. The minimum absolute atomic E-state index is 0.339. The Hall–Kier alpha value is -2.82. The first-order valence-electron chi connectivity index (χ1n) is 10.0. The van der Waals surface area contributed by atoms with E-state index in [0.717, 1.165) is 34.7 Å². The van der Waals surface area contributed by atoms with E-state index < -0.39 is 0 Å². The topological polar surface area (TPSA) is 77.1 Å². The number of nitrogens with zero attached hydrogens (tertiary/aromatic N) is 3. The number of rotatable bonds is 10. The molecule has 3 rings (SSSR count). The van der Waals surface area contributed by atoms with Crippen LogP contribution in [0.1, 0.15) is 41.8 Å². The van der Waals surface area contributed by atoms with E-state index in [9.17, 15) is 4.79 Å². The largest absolute Gasteiger partial charge is 0.462 e. The number of hydrogen-bond donors (Lipinski definition) is 0. The van der Waals surface area contributed by atoms with E-state index in [1.54, 1.807) is 36.9 Å². The zero-order valence-electron chi connectivity index (χ0n) is 17.3. The molecule has 0 fully saturated rings. The zero-order valence-corrected chi connectivity index (χ0v) is 18.1. The highest BCUT2D eigenvalue weighted by Gasteiger charge is 2.15. The third kappa shape index (κ3) is 5.41. The lowest BCUT2D eigenvalue weighted by Gasteiger charge is -2.09. The molecule has 7 heteroatoms. The molecular formula is C23H25N3O3S. The van der Waals surface area contributed by atoms with Crippen LogP contribution in [0.4, 0.5) is 0 Å². The molecule has 0 spiro atoms. The van der Waals surface area contributed by atoms with Gasteiger partial charge in [0.2, 0.25) is 0 Å². The predicted octanol–water partition coefficient (Wildman–Crippen LogP) is 4.80. The van der Waals surface area contributed by atoms with E-state index in [0.29, 0.717) is 36.7 Å². The quantitative estimate of drug-likeness (QED) is 0.265. The molecule has 0 radical (unpaired) electrons. The Morgan fingerprint density at radius 2 is 2.07 bits per heavy atom. The van der Waals surface area contributed by atoms with Crippen molar-refractivity contribution in [1.29, 1.82) is 5.26 Å². The molecule has 6 nitrogen and oxygen atoms in total. The fourth-order valence-electron chi connectivity index (χ4n) is 3.12. The van der Waals surface area contributed by atoms with Crippen molar-refractivity contribution in [2.45, 2.75) is 37.7 Å². The normalized spacial score (nSPS) is 10.8. The lowest BCUT2D eigenvalue weighted by Crippen LogP contribution is -2.05. The van der Waals surface area contributed by atoms with Gasteiger partial charge in [0.15, 0.2) is 5.16 Å². The van der Waals surface area contributed by atoms with Gasteiger partial charge in [0.05, 0.1) is 34.8 Å². The van der Waals surface area contributed by atoms with Crippen LogP contribution in [0.5, 0.6) is 0 Å². The third-order valence-electron chi connectivity index (χ3n) is 4.52. The molecule has 30 heavy (non-hydrogen) atoms. The molecule has 2 aromatic carbocycles. The van der Waals surface area contributed by atoms with Crippen molar-refractivity contribution >= 4 is 28.8 Å². The molecule has 0 atom stereocenters. The van der Waals surface area contributed by atoms with E-state index in [1.165, 1.54) is 0 Å². The number of carbonyl (C=O) groups excluding carboxylic acids is 1. The molecule has 0 unspecified atom stereocenters. The van der Waals surface area contributed by atoms with Crippen LogP contribution in [0.2, 0.25) is 0 Å². The highest BCUT2D eigenvalue weighted by Crippen LogP contribution is 2.28. The molecule has 0 bridgehead atoms. The summed E-state index contributed by atoms with van der Waals surface area (Å²) in [4.78, 5) is 16.9. The molecule has 0 saturated heterocycles. The first kappa shape index (κ1) is 21.9. The van der Waals surface area contributed by atoms with Crippen molar-refractivity contribution in [3.63, 3.8) is 0 Å². The van der Waals surface area contributed by atoms with E-state index in [4.69, 9.17) is 19.7 Å². The second-order valence-corrected chi connectivity index (χ2v) is 7.56. The van der Waals surface area contributed by atoms with Gasteiger partial charge in [0.1, 0.15) is 0 Å². The van der Waals surface area contributed by atoms with Crippen LogP contribution >= 0.6 is 11.8 Å². The van der Waals surface area contributed by atoms with Gasteiger partial charge in [-0.05, 0) is 56.2 Å². The van der Waals surface area contributed by atoms with Crippen LogP contribution in [0.15, 0.2) is 47.6 Å². The fourth-order valence-corrected chi connectivity index (χ4v) is 4.11. The predicted molar refractivity (Wildman–Crippen MR) is 118 cm³/mol. The van der Waals surface area contributed by atoms with Crippen LogP contribution in [0.25, 0.3) is 11.0 Å². The Bertz CT molecular complexity index is 1060. The van der Waals surface area contributed by atoms with Crippen molar-refractivity contribution in [2.75, 3.05) is 19.8 Å². The first-order chi connectivity index (χ1) is 14.7. The van der Waals surface area contributed by atoms with Gasteiger partial charge in [-0.25, -0.2) is 9.78 Å². The van der Waals surface area contributed by atoms with Crippen LogP contribution in [0, 0.1) is 11.3 Å². The molecular weight excluding hydrogens is 398 g/mol. The van der Waals surface area contributed by atoms with Gasteiger partial charge in [-0.1, -0.05) is 23.9 Å². The van der Waals surface area contributed by atoms with E-state index in [1.807, 2.05) is 31.2 Å². The number of carbonyl (C=O) groups is 1. The summed E-state index contributed by atoms with van der Waals surface area (Å²) in [5, 5.41) is 9.99. The number of imidazole rings is 1. The Kier molecular flexibility index (Phi) is 7.89. The number of nitriles is 1. The Labute approximate surface area is 180 Å². The summed E-state index contributed by atoms with van der Waals surface area (Å²) >= 11 is 1.62. The average Bonchev–Trinajstić information content (AvgIpc) is 3.12. The molecule has 0 aliphatic carbocycles. The minimum atomic E-state index is -0.340. The zero-order chi connectivity index (χ0) is 21.3. The van der Waals surface area contributed by atoms with Crippen molar-refractivity contribution in [2.24, 2.45) is 0 Å². The van der Waals surface area contributed by atoms with Crippen molar-refractivity contribution in [3.8, 4) is 6.07 Å². The van der Waals surface area contributed by atoms with Gasteiger partial charge >= 0.3 is 5.97 Å². The van der Waals surface area contributed by atoms with E-state index in [2.05, 4.69) is 10.6 Å². The maximum absolute atomic E-state index is 12.1. The third-order valence-corrected chi connectivity index (χ3v) is 5.57. The monoisotopic (exact) mass is 423 g/mol. The minimum Gasteiger partial charge on any atom is -0.462 e. The van der Waals surface area contributed by atoms with Crippen LogP contribution in [-0.4, -0.2) is 35.3 Å². The summed E-state index contributed by atoms with van der Waals surface area (Å²) in [6.45, 7) is 6.27. The van der Waals surface area contributed by atoms with Crippen LogP contribution in [0.3, 0.4) is 0 Å². The Morgan fingerprint density at radius 3 is 2.83 bits per heavy atom. The summed E-state index contributed by atoms with van der Waals surface area (Å²) in [6, 6.07) is 15.3. The summed E-state index contributed by atoms with van der Waals surface area (Å²) in [6.07, 6.45) is 0.871. The number of ether oxygens (including phenoxy) is 2. The van der Waals surface area contributed by atoms with Gasteiger partial charge in [0, 0.05) is 25.5 Å². The molecule has 1 heterocycles. The number of hydrogen-bond acceptors (Lipinski definition) is 6. The van der Waals surface area contributed by atoms with Crippen molar-refractivity contribution in [3.05, 3.63) is 59.2 Å². The van der Waals surface area contributed by atoms with E-state index in [-0.39, 0.29) is 5.97 Å². The molecule has 0 aliphatic rings. The highest BCUT2D eigenvalue weighted by molar-refractivity contribution is 7.98. The average molecular weight is 424 g/mol. The lowest BCUT2D eigenvalue weighted by atomic mass is 10.2. The maximum Gasteiger partial charge on any atom is 0.338 e. The standard InChI is InChI=1S/C23H25N3O3S/c1-3-28-12-6-11-26-21-10-9-19(22(27)29-4-2)14-20(21)25-23(26)30-16-18-8-5-7-17(13-18)15-24/h5,7-10,13-14H,3-4,6,11-12,16H2,1-2H3. The molecule has 1 aromatic heterocycles. The van der Waals surface area contributed by atoms with Gasteiger partial charge in [-0.3, -0.25) is 0 Å². The molecule has 0 saturated carbocycles. The van der Waals surface area contributed by atoms with Crippen molar-refractivity contribution in [1.82, 2.24) is 9.55 Å². The van der Waals surface area contributed by atoms with Crippen LogP contribution in [-0.2, 0) is 21.8 Å². The lowest BCUT2D eigenvalue weighted by molar-refractivity contribution is 0.0526. The highest BCUT2D eigenvalue weighted by atomic mass is 32.2. The second-order valence-electron chi connectivity index (χ2n) is 6.62. The molecule has 0 amide bonds. The SMILES string of the molecule is CCOCCCn1c(SCc2cccc(C#N)c2)nc2cc(C(=O)OCC)ccc21. The summed E-state index contributed by atoms with van der Waals surface area (Å²) in [5.74, 6) is 0.363. The number of thioether (sulfide) groups is 1. The number of esters is 1. The molecule has 0 aliphatic heterocycles. The van der Waals surface area contributed by atoms with Gasteiger partial charge in [0.25, 0.3) is 0 Å². The first-order valence-corrected chi connectivity index (χ1v) is 11.0. The molecule has 156 valence electrons. The van der Waals surface area contributed by atoms with Gasteiger partial charge < -0.3 is 14.0 Å². The van der Waals surface area contributed by atoms with E-state index >= 15 is 0 Å². The Morgan fingerprint density at radius 1 is 1.20 bits per heavy atom. The van der Waals surface area contributed by atoms with Gasteiger partial charge in [-0.2, -0.15) is 5.26 Å². The second kappa shape index (κ2) is 10.8. The summed E-state index contributed by atoms with van der Waals surface area (Å²) < 4.78 is 12.8. The number of aryl methyl sites for hydroxylation is 1. The van der Waals surface area contributed by atoms with Crippen molar-refractivity contribution < 1.29 is 14.3 Å². The smallest absolute Gasteiger partial charge is 0.338 e. The molecule has 0 N–H and O–H groups in total. The van der Waals surface area contributed by atoms with Crippen LogP contribution < -0.4 is 0 Å². The van der Waals surface area contributed by atoms with Gasteiger partial charge in [-0.15, -0.1) is 0 Å².